The fourth-order valence-corrected chi connectivity index (χ4v) is 1.60. The second-order valence-electron chi connectivity index (χ2n) is 5.26. The van der Waals surface area contributed by atoms with Gasteiger partial charge in [-0.05, 0) is 23.1 Å². The molecule has 94 valence electrons. The minimum absolute atomic E-state index is 0.0158. The fourth-order valence-electron chi connectivity index (χ4n) is 1.39. The summed E-state index contributed by atoms with van der Waals surface area (Å²) >= 11 is 5.65. The van der Waals surface area contributed by atoms with Crippen molar-refractivity contribution in [2.75, 3.05) is 0 Å². The highest BCUT2D eigenvalue weighted by molar-refractivity contribution is 6.30. The Hall–Kier alpha value is -1.09. The summed E-state index contributed by atoms with van der Waals surface area (Å²) in [4.78, 5) is 11.6. The van der Waals surface area contributed by atoms with E-state index >= 15 is 0 Å². The molecule has 0 saturated heterocycles. The van der Waals surface area contributed by atoms with Gasteiger partial charge in [0.05, 0.1) is 5.02 Å². The number of carbonyl (C=O) groups is 1. The number of nitrogens with one attached hydrogen (secondary N) is 1. The maximum Gasteiger partial charge on any atom is 0.220 e. The maximum atomic E-state index is 12.9. The molecule has 17 heavy (non-hydrogen) atoms. The average molecular weight is 258 g/mol. The number of halogens is 2. The summed E-state index contributed by atoms with van der Waals surface area (Å²) in [5, 5.41) is 2.86. The van der Waals surface area contributed by atoms with Gasteiger partial charge in [-0.25, -0.2) is 4.39 Å². The van der Waals surface area contributed by atoms with Gasteiger partial charge in [-0.3, -0.25) is 4.79 Å². The third kappa shape index (κ3) is 5.18. The van der Waals surface area contributed by atoms with Crippen LogP contribution >= 0.6 is 11.6 Å². The van der Waals surface area contributed by atoms with E-state index in [-0.39, 0.29) is 16.3 Å². The van der Waals surface area contributed by atoms with Crippen molar-refractivity contribution in [2.45, 2.75) is 33.7 Å². The van der Waals surface area contributed by atoms with Crippen molar-refractivity contribution in [3.05, 3.63) is 34.6 Å². The van der Waals surface area contributed by atoms with Crippen LogP contribution < -0.4 is 5.32 Å². The normalized spacial score (nSPS) is 11.4. The van der Waals surface area contributed by atoms with Crippen LogP contribution in [0.2, 0.25) is 5.02 Å². The van der Waals surface area contributed by atoms with E-state index in [1.54, 1.807) is 6.07 Å². The lowest BCUT2D eigenvalue weighted by molar-refractivity contribution is -0.122. The highest BCUT2D eigenvalue weighted by Crippen LogP contribution is 2.18. The molecule has 0 heterocycles. The SMILES string of the molecule is CC(C)(C)CC(=O)NCc1ccc(F)c(Cl)c1. The predicted molar refractivity (Wildman–Crippen MR) is 67.3 cm³/mol. The first-order valence-corrected chi connectivity index (χ1v) is 5.86. The molecule has 2 nitrogen and oxygen atoms in total. The van der Waals surface area contributed by atoms with Gasteiger partial charge in [-0.15, -0.1) is 0 Å². The Morgan fingerprint density at radius 3 is 2.59 bits per heavy atom. The van der Waals surface area contributed by atoms with E-state index in [0.717, 1.165) is 5.56 Å². The maximum absolute atomic E-state index is 12.9. The van der Waals surface area contributed by atoms with Crippen molar-refractivity contribution in [1.82, 2.24) is 5.32 Å². The Balaban J connectivity index is 2.50. The van der Waals surface area contributed by atoms with Crippen LogP contribution in [0.3, 0.4) is 0 Å². The van der Waals surface area contributed by atoms with Crippen LogP contribution in [0.5, 0.6) is 0 Å². The van der Waals surface area contributed by atoms with Crippen molar-refractivity contribution in [3.8, 4) is 0 Å². The van der Waals surface area contributed by atoms with Crippen LogP contribution in [0.4, 0.5) is 4.39 Å². The van der Waals surface area contributed by atoms with E-state index < -0.39 is 5.82 Å². The van der Waals surface area contributed by atoms with Crippen molar-refractivity contribution < 1.29 is 9.18 Å². The Morgan fingerprint density at radius 1 is 1.41 bits per heavy atom. The molecule has 4 heteroatoms. The quantitative estimate of drug-likeness (QED) is 0.882. The molecule has 1 rings (SSSR count). The van der Waals surface area contributed by atoms with Crippen LogP contribution in [-0.2, 0) is 11.3 Å². The summed E-state index contributed by atoms with van der Waals surface area (Å²) in [6.07, 6.45) is 0.460. The zero-order valence-corrected chi connectivity index (χ0v) is 11.1. The summed E-state index contributed by atoms with van der Waals surface area (Å²) in [6.45, 7) is 6.37. The van der Waals surface area contributed by atoms with Crippen LogP contribution in [0.15, 0.2) is 18.2 Å². The molecule has 0 fully saturated rings. The van der Waals surface area contributed by atoms with E-state index in [1.807, 2.05) is 20.8 Å². The number of hydrogen-bond donors (Lipinski definition) is 1. The van der Waals surface area contributed by atoms with Gasteiger partial charge < -0.3 is 5.32 Å². The lowest BCUT2D eigenvalue weighted by Crippen LogP contribution is -2.27. The lowest BCUT2D eigenvalue weighted by atomic mass is 9.92. The molecule has 1 aromatic rings. The fraction of sp³-hybridized carbons (Fsp3) is 0.462. The van der Waals surface area contributed by atoms with Crippen molar-refractivity contribution in [2.24, 2.45) is 5.41 Å². The van der Waals surface area contributed by atoms with Gasteiger partial charge in [0.1, 0.15) is 5.82 Å². The zero-order chi connectivity index (χ0) is 13.1. The molecular weight excluding hydrogens is 241 g/mol. The topological polar surface area (TPSA) is 29.1 Å². The van der Waals surface area contributed by atoms with Gasteiger partial charge in [-0.2, -0.15) is 0 Å². The first kappa shape index (κ1) is 14.0. The van der Waals surface area contributed by atoms with E-state index in [9.17, 15) is 9.18 Å². The average Bonchev–Trinajstić information content (AvgIpc) is 2.17. The first-order valence-electron chi connectivity index (χ1n) is 5.48. The molecule has 0 aliphatic heterocycles. The van der Waals surface area contributed by atoms with Crippen LogP contribution in [0.25, 0.3) is 0 Å². The van der Waals surface area contributed by atoms with Gasteiger partial charge in [0.25, 0.3) is 0 Å². The smallest absolute Gasteiger partial charge is 0.220 e. The lowest BCUT2D eigenvalue weighted by Gasteiger charge is -2.17. The second-order valence-corrected chi connectivity index (χ2v) is 5.67. The Labute approximate surface area is 106 Å². The summed E-state index contributed by atoms with van der Waals surface area (Å²) in [5.74, 6) is -0.464. The predicted octanol–water partition coefficient (Wildman–Crippen LogP) is 3.53. The number of rotatable bonds is 3. The minimum atomic E-state index is -0.448. The molecule has 1 amide bonds. The Morgan fingerprint density at radius 2 is 2.06 bits per heavy atom. The summed E-state index contributed by atoms with van der Waals surface area (Å²) in [7, 11) is 0. The van der Waals surface area contributed by atoms with E-state index in [4.69, 9.17) is 11.6 Å². The summed E-state index contributed by atoms with van der Waals surface area (Å²) in [5.41, 5.74) is 0.753. The van der Waals surface area contributed by atoms with E-state index in [1.165, 1.54) is 12.1 Å². The zero-order valence-electron chi connectivity index (χ0n) is 10.3. The van der Waals surface area contributed by atoms with Crippen molar-refractivity contribution in [1.29, 1.82) is 0 Å². The highest BCUT2D eigenvalue weighted by atomic mass is 35.5. The minimum Gasteiger partial charge on any atom is -0.352 e. The molecule has 0 radical (unpaired) electrons. The Kier molecular flexibility index (Phi) is 4.52. The van der Waals surface area contributed by atoms with Crippen LogP contribution in [-0.4, -0.2) is 5.91 Å². The van der Waals surface area contributed by atoms with Crippen LogP contribution in [0, 0.1) is 11.2 Å². The molecule has 0 spiro atoms. The number of carbonyl (C=O) groups excluding carboxylic acids is 1. The van der Waals surface area contributed by atoms with Crippen molar-refractivity contribution >= 4 is 17.5 Å². The molecular formula is C13H17ClFNO. The summed E-state index contributed by atoms with van der Waals surface area (Å²) < 4.78 is 12.9. The third-order valence-electron chi connectivity index (χ3n) is 2.16. The van der Waals surface area contributed by atoms with Crippen LogP contribution in [0.1, 0.15) is 32.8 Å². The van der Waals surface area contributed by atoms with Gasteiger partial charge >= 0.3 is 0 Å². The Bertz CT molecular complexity index is 412. The molecule has 0 aromatic heterocycles. The van der Waals surface area contributed by atoms with Gasteiger partial charge in [-0.1, -0.05) is 38.4 Å². The summed E-state index contributed by atoms with van der Waals surface area (Å²) in [6, 6.07) is 4.43. The van der Waals surface area contributed by atoms with Gasteiger partial charge in [0.15, 0.2) is 0 Å². The monoisotopic (exact) mass is 257 g/mol. The van der Waals surface area contributed by atoms with Gasteiger partial charge in [0.2, 0.25) is 5.91 Å². The molecule has 0 saturated carbocycles. The molecule has 0 atom stereocenters. The molecule has 0 bridgehead atoms. The molecule has 1 aromatic carbocycles. The largest absolute Gasteiger partial charge is 0.352 e. The van der Waals surface area contributed by atoms with E-state index in [2.05, 4.69) is 5.32 Å². The highest BCUT2D eigenvalue weighted by Gasteiger charge is 2.15. The first-order chi connectivity index (χ1) is 7.78. The number of hydrogen-bond acceptors (Lipinski definition) is 1. The van der Waals surface area contributed by atoms with E-state index in [0.29, 0.717) is 13.0 Å². The molecule has 0 aliphatic rings. The third-order valence-corrected chi connectivity index (χ3v) is 2.45. The number of amides is 1. The standard InChI is InChI=1S/C13H17ClFNO/c1-13(2,3)7-12(17)16-8-9-4-5-11(15)10(14)6-9/h4-6H,7-8H2,1-3H3,(H,16,17). The second kappa shape index (κ2) is 5.50. The van der Waals surface area contributed by atoms with Crippen molar-refractivity contribution in [3.63, 3.8) is 0 Å². The molecule has 0 unspecified atom stereocenters. The number of benzene rings is 1. The molecule has 0 aliphatic carbocycles. The van der Waals surface area contributed by atoms with Gasteiger partial charge in [0, 0.05) is 13.0 Å². The molecule has 1 N–H and O–H groups in total.